The first-order chi connectivity index (χ1) is 12.0. The molecule has 6 nitrogen and oxygen atoms in total. The highest BCUT2D eigenvalue weighted by Gasteiger charge is 2.27. The first kappa shape index (κ1) is 17.5. The van der Waals surface area contributed by atoms with Gasteiger partial charge in [0.15, 0.2) is 0 Å². The lowest BCUT2D eigenvalue weighted by Gasteiger charge is -2.19. The summed E-state index contributed by atoms with van der Waals surface area (Å²) in [5, 5.41) is 7.24. The quantitative estimate of drug-likeness (QED) is 0.905. The van der Waals surface area contributed by atoms with Crippen molar-refractivity contribution in [3.05, 3.63) is 42.2 Å². The minimum Gasteiger partial charge on any atom is -0.376 e. The first-order valence-corrected chi connectivity index (χ1v) is 8.81. The van der Waals surface area contributed by atoms with Crippen LogP contribution in [0.3, 0.4) is 0 Å². The molecule has 1 aliphatic rings. The van der Waals surface area contributed by atoms with E-state index in [9.17, 15) is 4.79 Å². The van der Waals surface area contributed by atoms with E-state index in [1.807, 2.05) is 42.3 Å². The maximum atomic E-state index is 12.5. The van der Waals surface area contributed by atoms with Crippen LogP contribution in [0.1, 0.15) is 25.8 Å². The molecule has 6 heteroatoms. The highest BCUT2D eigenvalue weighted by atomic mass is 16.5. The van der Waals surface area contributed by atoms with E-state index in [1.54, 1.807) is 10.9 Å². The Morgan fingerprint density at radius 3 is 2.96 bits per heavy atom. The second-order valence-corrected chi connectivity index (χ2v) is 6.96. The van der Waals surface area contributed by atoms with Gasteiger partial charge in [-0.05, 0) is 49.1 Å². The number of nitrogens with one attached hydrogen (secondary N) is 1. The minimum absolute atomic E-state index is 0.0643. The van der Waals surface area contributed by atoms with Gasteiger partial charge in [-0.2, -0.15) is 5.10 Å². The molecular weight excluding hydrogens is 316 g/mol. The van der Waals surface area contributed by atoms with Gasteiger partial charge < -0.3 is 15.0 Å². The predicted molar refractivity (Wildman–Crippen MR) is 98.1 cm³/mol. The van der Waals surface area contributed by atoms with Crippen LogP contribution in [-0.4, -0.2) is 46.5 Å². The zero-order valence-electron chi connectivity index (χ0n) is 15.1. The lowest BCUT2D eigenvalue weighted by Crippen LogP contribution is -2.34. The smallest absolute Gasteiger partial charge is 0.321 e. The fourth-order valence-corrected chi connectivity index (χ4v) is 2.92. The molecule has 0 spiro atoms. The van der Waals surface area contributed by atoms with Gasteiger partial charge in [-0.1, -0.05) is 13.8 Å². The van der Waals surface area contributed by atoms with Crippen molar-refractivity contribution in [1.82, 2.24) is 14.7 Å². The van der Waals surface area contributed by atoms with E-state index in [-0.39, 0.29) is 12.1 Å². The average Bonchev–Trinajstić information content (AvgIpc) is 3.26. The molecule has 2 amide bonds. The van der Waals surface area contributed by atoms with Crippen molar-refractivity contribution in [2.45, 2.75) is 33.3 Å². The number of aromatic nitrogens is 2. The summed E-state index contributed by atoms with van der Waals surface area (Å²) in [6.45, 7) is 8.39. The van der Waals surface area contributed by atoms with Crippen molar-refractivity contribution >= 4 is 11.7 Å². The van der Waals surface area contributed by atoms with Gasteiger partial charge in [0.25, 0.3) is 0 Å². The van der Waals surface area contributed by atoms with E-state index in [0.717, 1.165) is 36.5 Å². The van der Waals surface area contributed by atoms with Gasteiger partial charge in [0, 0.05) is 37.8 Å². The fourth-order valence-electron chi connectivity index (χ4n) is 2.92. The molecule has 2 aromatic rings. The third-order valence-corrected chi connectivity index (χ3v) is 4.32. The van der Waals surface area contributed by atoms with Crippen molar-refractivity contribution in [3.8, 4) is 5.69 Å². The Hall–Kier alpha value is -2.34. The Balaban J connectivity index is 1.58. The fraction of sp³-hybridized carbons (Fsp3) is 0.474. The van der Waals surface area contributed by atoms with Crippen molar-refractivity contribution in [1.29, 1.82) is 0 Å². The number of amides is 2. The highest BCUT2D eigenvalue weighted by molar-refractivity contribution is 5.90. The molecule has 0 bridgehead atoms. The molecule has 1 fully saturated rings. The molecule has 1 saturated heterocycles. The Kier molecular flexibility index (Phi) is 5.38. The van der Waals surface area contributed by atoms with Crippen molar-refractivity contribution in [2.75, 3.05) is 25.0 Å². The Morgan fingerprint density at radius 2 is 2.28 bits per heavy atom. The lowest BCUT2D eigenvalue weighted by molar-refractivity contribution is 0.0440. The molecule has 134 valence electrons. The number of rotatable bonds is 5. The third kappa shape index (κ3) is 4.39. The summed E-state index contributed by atoms with van der Waals surface area (Å²) < 4.78 is 7.65. The topological polar surface area (TPSA) is 59.4 Å². The first-order valence-electron chi connectivity index (χ1n) is 8.81. The van der Waals surface area contributed by atoms with Gasteiger partial charge in [-0.15, -0.1) is 0 Å². The summed E-state index contributed by atoms with van der Waals surface area (Å²) in [6, 6.07) is 7.71. The summed E-state index contributed by atoms with van der Waals surface area (Å²) in [4.78, 5) is 14.3. The highest BCUT2D eigenvalue weighted by Crippen LogP contribution is 2.21. The van der Waals surface area contributed by atoms with E-state index >= 15 is 0 Å². The van der Waals surface area contributed by atoms with Crippen molar-refractivity contribution < 1.29 is 9.53 Å². The molecule has 1 atom stereocenters. The number of carbonyl (C=O) groups excluding carboxylic acids is 1. The molecule has 1 unspecified atom stereocenters. The number of carbonyl (C=O) groups is 1. The van der Waals surface area contributed by atoms with Crippen LogP contribution in [0, 0.1) is 12.8 Å². The van der Waals surface area contributed by atoms with Crippen LogP contribution in [-0.2, 0) is 4.74 Å². The molecule has 0 aliphatic carbocycles. The third-order valence-electron chi connectivity index (χ3n) is 4.32. The number of hydrogen-bond acceptors (Lipinski definition) is 3. The molecule has 2 heterocycles. The minimum atomic E-state index is -0.0643. The zero-order valence-corrected chi connectivity index (χ0v) is 15.1. The summed E-state index contributed by atoms with van der Waals surface area (Å²) in [6.07, 6.45) is 4.69. The van der Waals surface area contributed by atoms with Gasteiger partial charge in [-0.25, -0.2) is 9.48 Å². The lowest BCUT2D eigenvalue weighted by atomic mass is 10.2. The summed E-state index contributed by atoms with van der Waals surface area (Å²) in [7, 11) is 0. The number of aryl methyl sites for hydroxylation is 1. The molecule has 25 heavy (non-hydrogen) atoms. The number of ether oxygens (including phenoxy) is 1. The van der Waals surface area contributed by atoms with Gasteiger partial charge in [0.1, 0.15) is 0 Å². The van der Waals surface area contributed by atoms with Crippen LogP contribution in [0.15, 0.2) is 36.7 Å². The van der Waals surface area contributed by atoms with Crippen molar-refractivity contribution in [2.24, 2.45) is 5.92 Å². The van der Waals surface area contributed by atoms with E-state index in [2.05, 4.69) is 24.3 Å². The molecule has 1 aliphatic heterocycles. The summed E-state index contributed by atoms with van der Waals surface area (Å²) >= 11 is 0. The number of anilines is 1. The van der Waals surface area contributed by atoms with E-state index in [0.29, 0.717) is 12.5 Å². The van der Waals surface area contributed by atoms with Gasteiger partial charge in [0.2, 0.25) is 0 Å². The number of likely N-dealkylation sites (tertiary alicyclic amines) is 1. The second kappa shape index (κ2) is 7.70. The summed E-state index contributed by atoms with van der Waals surface area (Å²) in [5.41, 5.74) is 2.81. The maximum absolute atomic E-state index is 12.5. The van der Waals surface area contributed by atoms with E-state index in [4.69, 9.17) is 4.74 Å². The normalized spacial score (nSPS) is 17.3. The molecule has 0 saturated carbocycles. The Morgan fingerprint density at radius 1 is 1.44 bits per heavy atom. The molecule has 1 N–H and O–H groups in total. The molecule has 1 aromatic heterocycles. The van der Waals surface area contributed by atoms with Crippen LogP contribution >= 0.6 is 0 Å². The van der Waals surface area contributed by atoms with E-state index < -0.39 is 0 Å². The monoisotopic (exact) mass is 342 g/mol. The van der Waals surface area contributed by atoms with Crippen LogP contribution in [0.5, 0.6) is 0 Å². The largest absolute Gasteiger partial charge is 0.376 e. The predicted octanol–water partition coefficient (Wildman–Crippen LogP) is 3.46. The molecule has 3 rings (SSSR count). The molecule has 1 aromatic carbocycles. The standard InChI is InChI=1S/C19H26N4O2/c1-14(2)13-25-17-7-10-22(12-17)19(24)21-18-6-5-16(11-15(18)3)23-9-4-8-20-23/h4-6,8-9,11,14,17H,7,10,12-13H2,1-3H3,(H,21,24). The molecule has 0 radical (unpaired) electrons. The Labute approximate surface area is 148 Å². The SMILES string of the molecule is Cc1cc(-n2cccn2)ccc1NC(=O)N1CCC(OCC(C)C)C1. The Bertz CT molecular complexity index is 712. The number of hydrogen-bond donors (Lipinski definition) is 1. The number of benzene rings is 1. The van der Waals surface area contributed by atoms with Gasteiger partial charge in [-0.3, -0.25) is 0 Å². The zero-order chi connectivity index (χ0) is 17.8. The average molecular weight is 342 g/mol. The van der Waals surface area contributed by atoms with Crippen LogP contribution in [0.25, 0.3) is 5.69 Å². The second-order valence-electron chi connectivity index (χ2n) is 6.96. The maximum Gasteiger partial charge on any atom is 0.321 e. The number of urea groups is 1. The van der Waals surface area contributed by atoms with Crippen LogP contribution < -0.4 is 5.32 Å². The molecular formula is C19H26N4O2. The van der Waals surface area contributed by atoms with E-state index in [1.165, 1.54) is 0 Å². The van der Waals surface area contributed by atoms with Crippen LogP contribution in [0.2, 0.25) is 0 Å². The van der Waals surface area contributed by atoms with Gasteiger partial charge >= 0.3 is 6.03 Å². The van der Waals surface area contributed by atoms with Crippen molar-refractivity contribution in [3.63, 3.8) is 0 Å². The number of nitrogens with zero attached hydrogens (tertiary/aromatic N) is 3. The van der Waals surface area contributed by atoms with Gasteiger partial charge in [0.05, 0.1) is 11.8 Å². The summed E-state index contributed by atoms with van der Waals surface area (Å²) in [5.74, 6) is 0.513. The van der Waals surface area contributed by atoms with Crippen LogP contribution in [0.4, 0.5) is 10.5 Å².